The zero-order valence-electron chi connectivity index (χ0n) is 16.3. The van der Waals surface area contributed by atoms with Crippen LogP contribution in [0.25, 0.3) is 0 Å². The molecule has 0 aliphatic rings. The van der Waals surface area contributed by atoms with Gasteiger partial charge in [-0.15, -0.1) is 0 Å². The van der Waals surface area contributed by atoms with Crippen LogP contribution in [0.1, 0.15) is 22.3 Å². The summed E-state index contributed by atoms with van der Waals surface area (Å²) >= 11 is 0. The predicted molar refractivity (Wildman–Crippen MR) is 108 cm³/mol. The number of benzene rings is 1. The smallest absolute Gasteiger partial charge is 0.247 e. The zero-order chi connectivity index (χ0) is 21.0. The van der Waals surface area contributed by atoms with Crippen LogP contribution in [-0.4, -0.2) is 21.8 Å². The molecule has 0 aliphatic heterocycles. The maximum atomic E-state index is 12.0. The van der Waals surface area contributed by atoms with Gasteiger partial charge in [0.2, 0.25) is 11.8 Å². The van der Waals surface area contributed by atoms with Crippen molar-refractivity contribution in [2.75, 3.05) is 0 Å². The minimum absolute atomic E-state index is 0.174. The Morgan fingerprint density at radius 2 is 1.10 bits per heavy atom. The summed E-state index contributed by atoms with van der Waals surface area (Å²) in [4.78, 5) is 42.3. The Morgan fingerprint density at radius 1 is 0.667 bits per heavy atom. The van der Waals surface area contributed by atoms with Gasteiger partial charge in [0.25, 0.3) is 0 Å². The Hall–Kier alpha value is -3.62. The van der Waals surface area contributed by atoms with E-state index in [1.54, 1.807) is 61.2 Å². The van der Waals surface area contributed by atoms with Crippen LogP contribution in [0.4, 0.5) is 0 Å². The molecular weight excluding hydrogens is 384 g/mol. The summed E-state index contributed by atoms with van der Waals surface area (Å²) in [6, 6.07) is 14.5. The number of hydrogen-bond acceptors (Lipinski definition) is 6. The van der Waals surface area contributed by atoms with E-state index in [9.17, 15) is 9.59 Å². The number of nitrogens with one attached hydrogen (secondary N) is 2. The van der Waals surface area contributed by atoms with Gasteiger partial charge in [0, 0.05) is 24.8 Å². The van der Waals surface area contributed by atoms with Crippen molar-refractivity contribution in [1.29, 1.82) is 0 Å². The van der Waals surface area contributed by atoms with E-state index in [0.29, 0.717) is 0 Å². The van der Waals surface area contributed by atoms with Crippen LogP contribution in [-0.2, 0) is 45.3 Å². The Morgan fingerprint density at radius 3 is 1.47 bits per heavy atom. The summed E-state index contributed by atoms with van der Waals surface area (Å²) < 4.78 is 0. The summed E-state index contributed by atoms with van der Waals surface area (Å²) in [5, 5.41) is 0. The Bertz CT molecular complexity index is 856. The summed E-state index contributed by atoms with van der Waals surface area (Å²) in [7, 11) is 0. The molecule has 1 aromatic carbocycles. The number of carbonyl (C=O) groups excluding carboxylic acids is 2. The fourth-order valence-corrected chi connectivity index (χ4v) is 2.58. The van der Waals surface area contributed by atoms with Gasteiger partial charge in [-0.3, -0.25) is 29.2 Å². The van der Waals surface area contributed by atoms with E-state index in [2.05, 4.69) is 20.9 Å². The standard InChI is InChI=1S/C22H22N4O4/c27-21(25-29-15-19-3-1-9-23-13-19)11-17-5-7-18(8-6-17)12-22(28)26-30-16-20-4-2-10-24-14-20/h1-10,13-14H,11-12,15-16H2,(H,25,27)(H,26,28). The minimum Gasteiger partial charge on any atom is -0.272 e. The van der Waals surface area contributed by atoms with Crippen LogP contribution in [0.15, 0.2) is 73.3 Å². The highest BCUT2D eigenvalue weighted by molar-refractivity contribution is 5.78. The van der Waals surface area contributed by atoms with Gasteiger partial charge in [-0.2, -0.15) is 0 Å². The van der Waals surface area contributed by atoms with Crippen molar-refractivity contribution in [2.24, 2.45) is 0 Å². The van der Waals surface area contributed by atoms with Gasteiger partial charge >= 0.3 is 0 Å². The number of rotatable bonds is 10. The Balaban J connectivity index is 1.35. The van der Waals surface area contributed by atoms with Crippen LogP contribution in [0.5, 0.6) is 0 Å². The topological polar surface area (TPSA) is 102 Å². The quantitative estimate of drug-likeness (QED) is 0.500. The molecule has 0 spiro atoms. The lowest BCUT2D eigenvalue weighted by atomic mass is 10.1. The number of hydrogen-bond donors (Lipinski definition) is 2. The van der Waals surface area contributed by atoms with Crippen molar-refractivity contribution in [3.05, 3.63) is 95.6 Å². The second kappa shape index (κ2) is 11.4. The van der Waals surface area contributed by atoms with Crippen LogP contribution in [0.3, 0.4) is 0 Å². The molecule has 2 aromatic heterocycles. The minimum atomic E-state index is -0.256. The van der Waals surface area contributed by atoms with Crippen molar-refractivity contribution in [3.63, 3.8) is 0 Å². The molecule has 154 valence electrons. The van der Waals surface area contributed by atoms with E-state index in [1.165, 1.54) is 0 Å². The third-order valence-electron chi connectivity index (χ3n) is 4.05. The number of nitrogens with zero attached hydrogens (tertiary/aromatic N) is 2. The van der Waals surface area contributed by atoms with E-state index in [0.717, 1.165) is 22.3 Å². The highest BCUT2D eigenvalue weighted by Crippen LogP contribution is 2.07. The van der Waals surface area contributed by atoms with Crippen LogP contribution >= 0.6 is 0 Å². The summed E-state index contributed by atoms with van der Waals surface area (Å²) in [5.74, 6) is -0.513. The van der Waals surface area contributed by atoms with E-state index in [1.807, 2.05) is 12.1 Å². The van der Waals surface area contributed by atoms with Crippen LogP contribution in [0, 0.1) is 0 Å². The van der Waals surface area contributed by atoms with Gasteiger partial charge in [-0.1, -0.05) is 36.4 Å². The molecule has 8 nitrogen and oxygen atoms in total. The van der Waals surface area contributed by atoms with Gasteiger partial charge in [-0.25, -0.2) is 11.0 Å². The average molecular weight is 406 g/mol. The third kappa shape index (κ3) is 7.42. The molecule has 0 bridgehead atoms. The number of aromatic nitrogens is 2. The molecule has 0 aliphatic carbocycles. The first kappa shape index (κ1) is 21.1. The summed E-state index contributed by atoms with van der Waals surface area (Å²) in [6.07, 6.45) is 7.03. The monoisotopic (exact) mass is 406 g/mol. The molecule has 0 saturated heterocycles. The second-order valence-corrected chi connectivity index (χ2v) is 6.52. The van der Waals surface area contributed by atoms with E-state index >= 15 is 0 Å². The highest BCUT2D eigenvalue weighted by atomic mass is 16.7. The zero-order valence-corrected chi connectivity index (χ0v) is 16.3. The lowest BCUT2D eigenvalue weighted by Gasteiger charge is -2.08. The largest absolute Gasteiger partial charge is 0.272 e. The molecule has 0 radical (unpaired) electrons. The molecule has 2 amide bonds. The molecule has 0 atom stereocenters. The molecular formula is C22H22N4O4. The lowest BCUT2D eigenvalue weighted by Crippen LogP contribution is -2.25. The fraction of sp³-hybridized carbons (Fsp3) is 0.182. The first-order chi connectivity index (χ1) is 14.7. The number of hydroxylamine groups is 2. The molecule has 2 N–H and O–H groups in total. The highest BCUT2D eigenvalue weighted by Gasteiger charge is 2.07. The van der Waals surface area contributed by atoms with E-state index < -0.39 is 0 Å². The number of amides is 2. The molecule has 0 saturated carbocycles. The number of carbonyl (C=O) groups is 2. The molecule has 3 aromatic rings. The van der Waals surface area contributed by atoms with Crippen LogP contribution in [0.2, 0.25) is 0 Å². The fourth-order valence-electron chi connectivity index (χ4n) is 2.58. The lowest BCUT2D eigenvalue weighted by molar-refractivity contribution is -0.134. The number of pyridine rings is 2. The van der Waals surface area contributed by atoms with Gasteiger partial charge in [-0.05, 0) is 34.4 Å². The SMILES string of the molecule is O=C(Cc1ccc(CC(=O)NOCc2cccnc2)cc1)NOCc1cccnc1. The van der Waals surface area contributed by atoms with E-state index in [4.69, 9.17) is 9.68 Å². The Kier molecular flexibility index (Phi) is 8.02. The molecule has 30 heavy (non-hydrogen) atoms. The maximum absolute atomic E-state index is 12.0. The van der Waals surface area contributed by atoms with Crippen molar-refractivity contribution < 1.29 is 19.3 Å². The maximum Gasteiger partial charge on any atom is 0.247 e. The van der Waals surface area contributed by atoms with Crippen LogP contribution < -0.4 is 11.0 Å². The summed E-state index contributed by atoms with van der Waals surface area (Å²) in [6.45, 7) is 0.493. The first-order valence-corrected chi connectivity index (χ1v) is 9.36. The van der Waals surface area contributed by atoms with Gasteiger partial charge in [0.1, 0.15) is 13.2 Å². The molecule has 8 heteroatoms. The van der Waals surface area contributed by atoms with E-state index in [-0.39, 0.29) is 37.9 Å². The van der Waals surface area contributed by atoms with Crippen molar-refractivity contribution in [3.8, 4) is 0 Å². The molecule has 0 unspecified atom stereocenters. The molecule has 0 fully saturated rings. The summed E-state index contributed by atoms with van der Waals surface area (Å²) in [5.41, 5.74) is 8.18. The van der Waals surface area contributed by atoms with Gasteiger partial charge in [0.15, 0.2) is 0 Å². The third-order valence-corrected chi connectivity index (χ3v) is 4.05. The first-order valence-electron chi connectivity index (χ1n) is 9.36. The Labute approximate surface area is 174 Å². The van der Waals surface area contributed by atoms with Gasteiger partial charge < -0.3 is 0 Å². The second-order valence-electron chi connectivity index (χ2n) is 6.52. The van der Waals surface area contributed by atoms with Gasteiger partial charge in [0.05, 0.1) is 12.8 Å². The van der Waals surface area contributed by atoms with Crippen molar-refractivity contribution >= 4 is 11.8 Å². The normalized spacial score (nSPS) is 10.4. The predicted octanol–water partition coefficient (Wildman–Crippen LogP) is 2.06. The van der Waals surface area contributed by atoms with Crippen molar-refractivity contribution in [2.45, 2.75) is 26.1 Å². The average Bonchev–Trinajstić information content (AvgIpc) is 2.77. The van der Waals surface area contributed by atoms with Crippen molar-refractivity contribution in [1.82, 2.24) is 20.9 Å². The molecule has 3 rings (SSSR count). The molecule has 2 heterocycles.